The molecule has 2 rings (SSSR count). The van der Waals surface area contributed by atoms with Crippen molar-refractivity contribution in [3.8, 4) is 11.5 Å². The van der Waals surface area contributed by atoms with Gasteiger partial charge in [0.15, 0.2) is 0 Å². The highest BCUT2D eigenvalue weighted by Gasteiger charge is 2.27. The van der Waals surface area contributed by atoms with Gasteiger partial charge in [0.2, 0.25) is 5.91 Å². The molecule has 0 aliphatic heterocycles. The van der Waals surface area contributed by atoms with Crippen molar-refractivity contribution in [3.05, 3.63) is 23.9 Å². The number of amides is 2. The number of carbonyl (C=O) groups is 3. The molecule has 9 heteroatoms. The standard InChI is InChI=1S/C20H27N3O6/c1-10(2)17(20(26)27)22-18(24)11(3)21-19(25)15-9-13-14(23(15)4)7-12(28-5)8-16(13)29-6/h7-11,17H,1-6H3,(H,21,25)(H,22,24)(H,26,27). The molecular weight excluding hydrogens is 378 g/mol. The molecule has 0 spiro atoms. The predicted molar refractivity (Wildman–Crippen MR) is 107 cm³/mol. The zero-order valence-electron chi connectivity index (χ0n) is 17.4. The summed E-state index contributed by atoms with van der Waals surface area (Å²) in [6.07, 6.45) is 0. The third-order valence-electron chi connectivity index (χ3n) is 4.76. The van der Waals surface area contributed by atoms with E-state index < -0.39 is 29.9 Å². The van der Waals surface area contributed by atoms with E-state index in [9.17, 15) is 19.5 Å². The molecule has 2 amide bonds. The van der Waals surface area contributed by atoms with E-state index in [1.165, 1.54) is 14.0 Å². The fourth-order valence-electron chi connectivity index (χ4n) is 3.01. The number of carboxylic acid groups (broad SMARTS) is 1. The molecular formula is C20H27N3O6. The summed E-state index contributed by atoms with van der Waals surface area (Å²) < 4.78 is 12.3. The zero-order valence-corrected chi connectivity index (χ0v) is 17.4. The number of carbonyl (C=O) groups excluding carboxylic acids is 2. The second-order valence-corrected chi connectivity index (χ2v) is 7.11. The minimum Gasteiger partial charge on any atom is -0.497 e. The summed E-state index contributed by atoms with van der Waals surface area (Å²) >= 11 is 0. The maximum atomic E-state index is 12.8. The number of methoxy groups -OCH3 is 2. The van der Waals surface area contributed by atoms with Gasteiger partial charge >= 0.3 is 5.97 Å². The van der Waals surface area contributed by atoms with Gasteiger partial charge in [-0.2, -0.15) is 0 Å². The molecule has 1 aromatic heterocycles. The predicted octanol–water partition coefficient (Wildman–Crippen LogP) is 1.54. The topological polar surface area (TPSA) is 119 Å². The summed E-state index contributed by atoms with van der Waals surface area (Å²) in [7, 11) is 4.79. The molecule has 0 bridgehead atoms. The van der Waals surface area contributed by atoms with Crippen molar-refractivity contribution in [2.24, 2.45) is 13.0 Å². The third-order valence-corrected chi connectivity index (χ3v) is 4.76. The molecule has 1 heterocycles. The second-order valence-electron chi connectivity index (χ2n) is 7.11. The smallest absolute Gasteiger partial charge is 0.326 e. The first-order valence-corrected chi connectivity index (χ1v) is 9.16. The number of hydrogen-bond donors (Lipinski definition) is 3. The second kappa shape index (κ2) is 8.85. The molecule has 9 nitrogen and oxygen atoms in total. The van der Waals surface area contributed by atoms with Crippen molar-refractivity contribution in [3.63, 3.8) is 0 Å². The minimum absolute atomic E-state index is 0.292. The van der Waals surface area contributed by atoms with E-state index in [1.54, 1.807) is 50.8 Å². The van der Waals surface area contributed by atoms with E-state index in [2.05, 4.69) is 10.6 Å². The van der Waals surface area contributed by atoms with Gasteiger partial charge in [-0.15, -0.1) is 0 Å². The van der Waals surface area contributed by atoms with Crippen molar-refractivity contribution in [1.82, 2.24) is 15.2 Å². The van der Waals surface area contributed by atoms with Crippen LogP contribution in [0.5, 0.6) is 11.5 Å². The van der Waals surface area contributed by atoms with Gasteiger partial charge in [-0.25, -0.2) is 4.79 Å². The monoisotopic (exact) mass is 405 g/mol. The van der Waals surface area contributed by atoms with Crippen LogP contribution >= 0.6 is 0 Å². The van der Waals surface area contributed by atoms with E-state index in [0.717, 1.165) is 10.9 Å². The highest BCUT2D eigenvalue weighted by molar-refractivity contribution is 6.02. The van der Waals surface area contributed by atoms with Crippen LogP contribution in [0.4, 0.5) is 0 Å². The van der Waals surface area contributed by atoms with Crippen LogP contribution in [0.2, 0.25) is 0 Å². The van der Waals surface area contributed by atoms with Crippen LogP contribution in [0.25, 0.3) is 10.9 Å². The van der Waals surface area contributed by atoms with Gasteiger partial charge in [-0.1, -0.05) is 13.8 Å². The fraction of sp³-hybridized carbons (Fsp3) is 0.450. The Labute approximate surface area is 169 Å². The summed E-state index contributed by atoms with van der Waals surface area (Å²) in [6, 6.07) is 3.22. The number of aromatic nitrogens is 1. The fourth-order valence-corrected chi connectivity index (χ4v) is 3.01. The highest BCUT2D eigenvalue weighted by Crippen LogP contribution is 2.33. The lowest BCUT2D eigenvalue weighted by Crippen LogP contribution is -2.52. The molecule has 2 atom stereocenters. The number of hydrogen-bond acceptors (Lipinski definition) is 5. The molecule has 0 radical (unpaired) electrons. The lowest BCUT2D eigenvalue weighted by molar-refractivity contribution is -0.143. The molecule has 2 unspecified atom stereocenters. The number of aryl methyl sites for hydroxylation is 1. The van der Waals surface area contributed by atoms with E-state index in [0.29, 0.717) is 17.2 Å². The average Bonchev–Trinajstić information content (AvgIpc) is 3.01. The van der Waals surface area contributed by atoms with Crippen LogP contribution in [0.3, 0.4) is 0 Å². The van der Waals surface area contributed by atoms with Crippen LogP contribution in [0.1, 0.15) is 31.3 Å². The summed E-state index contributed by atoms with van der Waals surface area (Å²) in [6.45, 7) is 4.89. The first-order chi connectivity index (χ1) is 13.6. The minimum atomic E-state index is -1.12. The molecule has 0 saturated heterocycles. The van der Waals surface area contributed by atoms with Crippen molar-refractivity contribution in [2.45, 2.75) is 32.9 Å². The first-order valence-electron chi connectivity index (χ1n) is 9.16. The Kier molecular flexibility index (Phi) is 6.73. The van der Waals surface area contributed by atoms with Crippen LogP contribution in [0, 0.1) is 5.92 Å². The number of benzene rings is 1. The molecule has 1 aromatic carbocycles. The van der Waals surface area contributed by atoms with Gasteiger partial charge in [0, 0.05) is 24.6 Å². The van der Waals surface area contributed by atoms with Crippen LogP contribution < -0.4 is 20.1 Å². The molecule has 2 aromatic rings. The Balaban J connectivity index is 2.24. The SMILES string of the molecule is COc1cc(OC)c2cc(C(=O)NC(C)C(=O)NC(C(=O)O)C(C)C)n(C)c2c1. The number of ether oxygens (including phenoxy) is 2. The quantitative estimate of drug-likeness (QED) is 0.613. The maximum absolute atomic E-state index is 12.8. The number of aliphatic carboxylic acids is 1. The largest absolute Gasteiger partial charge is 0.497 e. The summed E-state index contributed by atoms with van der Waals surface area (Å²) in [5.41, 5.74) is 1.05. The molecule has 3 N–H and O–H groups in total. The molecule has 158 valence electrons. The number of rotatable bonds is 8. The summed E-state index contributed by atoms with van der Waals surface area (Å²) in [4.78, 5) is 36.4. The lowest BCUT2D eigenvalue weighted by Gasteiger charge is -2.21. The Morgan fingerprint density at radius 2 is 1.69 bits per heavy atom. The number of nitrogens with one attached hydrogen (secondary N) is 2. The van der Waals surface area contributed by atoms with Crippen molar-refractivity contribution >= 4 is 28.7 Å². The molecule has 0 aliphatic carbocycles. The normalized spacial score (nSPS) is 13.1. The number of nitrogens with zero attached hydrogens (tertiary/aromatic N) is 1. The van der Waals surface area contributed by atoms with Gasteiger partial charge < -0.3 is 29.8 Å². The van der Waals surface area contributed by atoms with Gasteiger partial charge in [0.25, 0.3) is 5.91 Å². The van der Waals surface area contributed by atoms with Crippen LogP contribution in [0.15, 0.2) is 18.2 Å². The third kappa shape index (κ3) is 4.61. The van der Waals surface area contributed by atoms with Crippen molar-refractivity contribution in [1.29, 1.82) is 0 Å². The molecule has 0 aliphatic rings. The van der Waals surface area contributed by atoms with E-state index in [-0.39, 0.29) is 5.92 Å². The summed E-state index contributed by atoms with van der Waals surface area (Å²) in [5, 5.41) is 15.0. The Morgan fingerprint density at radius 3 is 2.21 bits per heavy atom. The van der Waals surface area contributed by atoms with Crippen LogP contribution in [-0.2, 0) is 16.6 Å². The van der Waals surface area contributed by atoms with Crippen molar-refractivity contribution < 1.29 is 29.0 Å². The Morgan fingerprint density at radius 1 is 1.03 bits per heavy atom. The van der Waals surface area contributed by atoms with Gasteiger partial charge in [-0.3, -0.25) is 9.59 Å². The average molecular weight is 405 g/mol. The van der Waals surface area contributed by atoms with E-state index >= 15 is 0 Å². The molecule has 0 fully saturated rings. The molecule has 0 saturated carbocycles. The summed E-state index contributed by atoms with van der Waals surface area (Å²) in [5.74, 6) is -1.31. The van der Waals surface area contributed by atoms with Gasteiger partial charge in [-0.05, 0) is 18.9 Å². The van der Waals surface area contributed by atoms with E-state index in [1.807, 2.05) is 0 Å². The van der Waals surface area contributed by atoms with Gasteiger partial charge in [0.1, 0.15) is 29.3 Å². The molecule has 29 heavy (non-hydrogen) atoms. The Hall–Kier alpha value is -3.23. The zero-order chi connectivity index (χ0) is 21.9. The maximum Gasteiger partial charge on any atom is 0.326 e. The first kappa shape index (κ1) is 22.1. The Bertz CT molecular complexity index is 934. The number of fused-ring (bicyclic) bond motifs is 1. The highest BCUT2D eigenvalue weighted by atomic mass is 16.5. The number of carboxylic acids is 1. The lowest BCUT2D eigenvalue weighted by atomic mass is 10.0. The van der Waals surface area contributed by atoms with E-state index in [4.69, 9.17) is 9.47 Å². The van der Waals surface area contributed by atoms with Crippen LogP contribution in [-0.4, -0.2) is 53.8 Å². The van der Waals surface area contributed by atoms with Crippen molar-refractivity contribution in [2.75, 3.05) is 14.2 Å². The van der Waals surface area contributed by atoms with Gasteiger partial charge in [0.05, 0.1) is 19.7 Å².